The van der Waals surface area contributed by atoms with Crippen molar-refractivity contribution < 1.29 is 9.53 Å². The van der Waals surface area contributed by atoms with Gasteiger partial charge in [0.15, 0.2) is 0 Å². The number of aliphatic imine (C=N–C) groups is 1. The lowest BCUT2D eigenvalue weighted by Gasteiger charge is -2.32. The first kappa shape index (κ1) is 17.7. The first-order valence-electron chi connectivity index (χ1n) is 10.8. The van der Waals surface area contributed by atoms with E-state index in [1.165, 1.54) is 36.0 Å². The zero-order valence-corrected chi connectivity index (χ0v) is 16.3. The second kappa shape index (κ2) is 7.57. The van der Waals surface area contributed by atoms with Crippen molar-refractivity contribution in [1.29, 1.82) is 0 Å². The largest absolute Gasteiger partial charge is 0.490 e. The van der Waals surface area contributed by atoms with Gasteiger partial charge < -0.3 is 9.64 Å². The topological polar surface area (TPSA) is 41.9 Å². The molecule has 4 nitrogen and oxygen atoms in total. The van der Waals surface area contributed by atoms with Gasteiger partial charge in [0.1, 0.15) is 11.9 Å². The molecule has 0 spiro atoms. The predicted molar refractivity (Wildman–Crippen MR) is 112 cm³/mol. The maximum Gasteiger partial charge on any atom is 0.225 e. The Bertz CT molecular complexity index is 825. The Morgan fingerprint density at radius 3 is 2.57 bits per heavy atom. The fourth-order valence-electron chi connectivity index (χ4n) is 4.44. The third-order valence-corrected chi connectivity index (χ3v) is 6.33. The molecule has 2 aliphatic heterocycles. The summed E-state index contributed by atoms with van der Waals surface area (Å²) in [6.07, 6.45) is 14.5. The number of nitrogens with zero attached hydrogens (tertiary/aromatic N) is 2. The summed E-state index contributed by atoms with van der Waals surface area (Å²) in [5.41, 5.74) is 3.74. The number of dihydropyridines is 1. The van der Waals surface area contributed by atoms with E-state index in [0.29, 0.717) is 17.9 Å². The molecule has 2 fully saturated rings. The number of benzene rings is 1. The molecule has 1 saturated carbocycles. The molecule has 2 heterocycles. The first-order chi connectivity index (χ1) is 13.8. The number of hydrogen-bond donors (Lipinski definition) is 0. The van der Waals surface area contributed by atoms with Crippen LogP contribution < -0.4 is 4.74 Å². The van der Waals surface area contributed by atoms with E-state index in [1.807, 2.05) is 11.1 Å². The monoisotopic (exact) mass is 376 g/mol. The van der Waals surface area contributed by atoms with Crippen LogP contribution in [0.5, 0.6) is 5.75 Å². The lowest BCUT2D eigenvalue weighted by atomic mass is 9.90. The van der Waals surface area contributed by atoms with E-state index in [4.69, 9.17) is 9.73 Å². The fraction of sp³-hybridized carbons (Fsp3) is 0.500. The molecule has 1 unspecified atom stereocenters. The molecule has 2 aliphatic carbocycles. The standard InChI is InChI=1S/C24H28N2O2/c27-24(18-5-6-18)26-13-11-22(12-14-26)28-21-9-7-17(8-10-21)20-15-19-3-1-2-4-23(19)25-16-20/h3,7-10,15-16,18,22-23H,1-2,4-6,11-14H2. The molecule has 1 amide bonds. The average Bonchev–Trinajstić information content (AvgIpc) is 3.59. The summed E-state index contributed by atoms with van der Waals surface area (Å²) < 4.78 is 6.19. The van der Waals surface area contributed by atoms with Gasteiger partial charge in [-0.25, -0.2) is 0 Å². The quantitative estimate of drug-likeness (QED) is 0.781. The van der Waals surface area contributed by atoms with E-state index in [1.54, 1.807) is 0 Å². The molecular formula is C24H28N2O2. The van der Waals surface area contributed by atoms with Gasteiger partial charge in [-0.15, -0.1) is 0 Å². The molecule has 0 bridgehead atoms. The van der Waals surface area contributed by atoms with Crippen molar-refractivity contribution in [3.8, 4) is 5.75 Å². The highest BCUT2D eigenvalue weighted by Gasteiger charge is 2.35. The summed E-state index contributed by atoms with van der Waals surface area (Å²) in [7, 11) is 0. The molecule has 1 aromatic rings. The minimum Gasteiger partial charge on any atom is -0.490 e. The van der Waals surface area contributed by atoms with Crippen LogP contribution in [0.4, 0.5) is 0 Å². The molecule has 4 heteroatoms. The zero-order chi connectivity index (χ0) is 18.9. The number of ether oxygens (including phenoxy) is 1. The smallest absolute Gasteiger partial charge is 0.225 e. The third-order valence-electron chi connectivity index (χ3n) is 6.33. The van der Waals surface area contributed by atoms with Crippen LogP contribution in [0.3, 0.4) is 0 Å². The SMILES string of the molecule is O=C(C1CC1)N1CCC(Oc2ccc(C3=CC4=CCCCC4N=C3)cc2)CC1. The van der Waals surface area contributed by atoms with Gasteiger partial charge in [0.2, 0.25) is 5.91 Å². The summed E-state index contributed by atoms with van der Waals surface area (Å²) in [6, 6.07) is 8.75. The van der Waals surface area contributed by atoms with Crippen LogP contribution in [-0.4, -0.2) is 42.3 Å². The molecule has 1 aromatic carbocycles. The molecule has 28 heavy (non-hydrogen) atoms. The van der Waals surface area contributed by atoms with Gasteiger partial charge >= 0.3 is 0 Å². The zero-order valence-electron chi connectivity index (χ0n) is 16.3. The number of rotatable bonds is 4. The number of amides is 1. The highest BCUT2D eigenvalue weighted by atomic mass is 16.5. The van der Waals surface area contributed by atoms with Crippen LogP contribution in [0.25, 0.3) is 5.57 Å². The molecule has 0 N–H and O–H groups in total. The van der Waals surface area contributed by atoms with E-state index in [2.05, 4.69) is 36.4 Å². The van der Waals surface area contributed by atoms with Crippen LogP contribution in [0.1, 0.15) is 50.5 Å². The Morgan fingerprint density at radius 1 is 1.04 bits per heavy atom. The number of fused-ring (bicyclic) bond motifs is 1. The number of carbonyl (C=O) groups excluding carboxylic acids is 1. The first-order valence-corrected chi connectivity index (χ1v) is 10.8. The minimum absolute atomic E-state index is 0.206. The van der Waals surface area contributed by atoms with E-state index < -0.39 is 0 Å². The normalized spacial score (nSPS) is 25.0. The molecular weight excluding hydrogens is 348 g/mol. The van der Waals surface area contributed by atoms with E-state index in [9.17, 15) is 4.79 Å². The van der Waals surface area contributed by atoms with Crippen molar-refractivity contribution in [3.05, 3.63) is 47.6 Å². The van der Waals surface area contributed by atoms with E-state index in [0.717, 1.165) is 44.5 Å². The summed E-state index contributed by atoms with van der Waals surface area (Å²) >= 11 is 0. The van der Waals surface area contributed by atoms with Crippen LogP contribution in [0, 0.1) is 5.92 Å². The summed E-state index contributed by atoms with van der Waals surface area (Å²) in [5.74, 6) is 1.60. The summed E-state index contributed by atoms with van der Waals surface area (Å²) in [4.78, 5) is 18.9. The molecule has 1 atom stereocenters. The van der Waals surface area contributed by atoms with Crippen molar-refractivity contribution in [3.63, 3.8) is 0 Å². The minimum atomic E-state index is 0.206. The highest BCUT2D eigenvalue weighted by molar-refractivity contribution is 6.11. The van der Waals surface area contributed by atoms with Crippen molar-refractivity contribution in [2.75, 3.05) is 13.1 Å². The van der Waals surface area contributed by atoms with Gasteiger partial charge in [0.05, 0.1) is 6.04 Å². The van der Waals surface area contributed by atoms with Gasteiger partial charge in [0, 0.05) is 38.1 Å². The van der Waals surface area contributed by atoms with Crippen molar-refractivity contribution in [1.82, 2.24) is 4.90 Å². The van der Waals surface area contributed by atoms with Crippen molar-refractivity contribution in [2.45, 2.75) is 57.1 Å². The van der Waals surface area contributed by atoms with E-state index >= 15 is 0 Å². The summed E-state index contributed by atoms with van der Waals surface area (Å²) in [6.45, 7) is 1.66. The third kappa shape index (κ3) is 3.78. The number of carbonyl (C=O) groups is 1. The van der Waals surface area contributed by atoms with Gasteiger partial charge in [-0.3, -0.25) is 9.79 Å². The highest BCUT2D eigenvalue weighted by Crippen LogP contribution is 2.33. The molecule has 0 radical (unpaired) electrons. The van der Waals surface area contributed by atoms with Crippen LogP contribution >= 0.6 is 0 Å². The van der Waals surface area contributed by atoms with Crippen LogP contribution in [0.15, 0.2) is 47.0 Å². The maximum absolute atomic E-state index is 12.2. The molecule has 146 valence electrons. The number of likely N-dealkylation sites (tertiary alicyclic amines) is 1. The lowest BCUT2D eigenvalue weighted by molar-refractivity contribution is -0.134. The number of allylic oxidation sites excluding steroid dienone is 2. The maximum atomic E-state index is 12.2. The van der Waals surface area contributed by atoms with E-state index in [-0.39, 0.29) is 6.10 Å². The van der Waals surface area contributed by atoms with Gasteiger partial charge in [0.25, 0.3) is 0 Å². The summed E-state index contributed by atoms with van der Waals surface area (Å²) in [5, 5.41) is 0. The molecule has 4 aliphatic rings. The van der Waals surface area contributed by atoms with Gasteiger partial charge in [-0.1, -0.05) is 18.2 Å². The Balaban J connectivity index is 1.18. The Labute approximate surface area is 167 Å². The number of piperidine rings is 1. The molecule has 0 aromatic heterocycles. The van der Waals surface area contributed by atoms with Crippen molar-refractivity contribution in [2.24, 2.45) is 10.9 Å². The Hall–Kier alpha value is -2.36. The molecule has 5 rings (SSSR count). The van der Waals surface area contributed by atoms with Crippen molar-refractivity contribution >= 4 is 17.7 Å². The van der Waals surface area contributed by atoms with Crippen LogP contribution in [0.2, 0.25) is 0 Å². The lowest BCUT2D eigenvalue weighted by Crippen LogP contribution is -2.42. The Morgan fingerprint density at radius 2 is 1.82 bits per heavy atom. The molecule has 1 saturated heterocycles. The van der Waals surface area contributed by atoms with Gasteiger partial charge in [-0.2, -0.15) is 0 Å². The number of hydrogen-bond acceptors (Lipinski definition) is 3. The second-order valence-electron chi connectivity index (χ2n) is 8.47. The second-order valence-corrected chi connectivity index (χ2v) is 8.47. The average molecular weight is 377 g/mol. The Kier molecular flexibility index (Phi) is 4.79. The predicted octanol–water partition coefficient (Wildman–Crippen LogP) is 4.41. The van der Waals surface area contributed by atoms with Gasteiger partial charge in [-0.05, 0) is 67.0 Å². The van der Waals surface area contributed by atoms with Crippen LogP contribution in [-0.2, 0) is 4.79 Å². The fourth-order valence-corrected chi connectivity index (χ4v) is 4.44.